The van der Waals surface area contributed by atoms with Gasteiger partial charge in [0.05, 0.1) is 19.0 Å². The van der Waals surface area contributed by atoms with Gasteiger partial charge >= 0.3 is 0 Å². The van der Waals surface area contributed by atoms with Crippen LogP contribution in [0.2, 0.25) is 0 Å². The van der Waals surface area contributed by atoms with Crippen molar-refractivity contribution in [1.82, 2.24) is 4.98 Å². The number of carbonyl (C=O) groups excluding carboxylic acids is 1. The SMILES string of the molecule is COc1cccc(CCNc2ccc(C(=O)Nc3ccc(N(C)C)cc3)nc2)c1. The Morgan fingerprint density at radius 2 is 1.79 bits per heavy atom. The van der Waals surface area contributed by atoms with E-state index in [2.05, 4.69) is 21.7 Å². The summed E-state index contributed by atoms with van der Waals surface area (Å²) in [5.41, 5.74) is 4.26. The summed E-state index contributed by atoms with van der Waals surface area (Å²) in [6.45, 7) is 0.763. The molecular formula is C23H26N4O2. The first-order valence-corrected chi connectivity index (χ1v) is 9.47. The molecule has 0 unspecified atom stereocenters. The van der Waals surface area contributed by atoms with E-state index >= 15 is 0 Å². The van der Waals surface area contributed by atoms with E-state index in [9.17, 15) is 4.79 Å². The number of ether oxygens (including phenoxy) is 1. The molecule has 0 saturated heterocycles. The monoisotopic (exact) mass is 390 g/mol. The quantitative estimate of drug-likeness (QED) is 0.607. The molecule has 0 fully saturated rings. The number of nitrogens with one attached hydrogen (secondary N) is 2. The number of rotatable bonds is 8. The molecule has 0 aliphatic rings. The van der Waals surface area contributed by atoms with Crippen molar-refractivity contribution in [3.63, 3.8) is 0 Å². The molecule has 2 aromatic carbocycles. The van der Waals surface area contributed by atoms with E-state index < -0.39 is 0 Å². The van der Waals surface area contributed by atoms with Crippen LogP contribution in [-0.2, 0) is 6.42 Å². The lowest BCUT2D eigenvalue weighted by Crippen LogP contribution is -2.14. The van der Waals surface area contributed by atoms with Gasteiger partial charge in [0.25, 0.3) is 5.91 Å². The van der Waals surface area contributed by atoms with Gasteiger partial charge in [-0.05, 0) is 60.5 Å². The second kappa shape index (κ2) is 9.59. The fourth-order valence-electron chi connectivity index (χ4n) is 2.85. The minimum atomic E-state index is -0.231. The van der Waals surface area contributed by atoms with Crippen molar-refractivity contribution < 1.29 is 9.53 Å². The Labute approximate surface area is 171 Å². The van der Waals surface area contributed by atoms with Crippen molar-refractivity contribution in [2.45, 2.75) is 6.42 Å². The first-order valence-electron chi connectivity index (χ1n) is 9.47. The van der Waals surface area contributed by atoms with Gasteiger partial charge in [0.1, 0.15) is 11.4 Å². The Morgan fingerprint density at radius 1 is 1.03 bits per heavy atom. The van der Waals surface area contributed by atoms with Crippen molar-refractivity contribution in [3.05, 3.63) is 78.1 Å². The summed E-state index contributed by atoms with van der Waals surface area (Å²) in [6.07, 6.45) is 2.54. The number of nitrogens with zero attached hydrogens (tertiary/aromatic N) is 2. The van der Waals surface area contributed by atoms with E-state index in [-0.39, 0.29) is 5.91 Å². The maximum atomic E-state index is 12.4. The van der Waals surface area contributed by atoms with Crippen LogP contribution in [0, 0.1) is 0 Å². The van der Waals surface area contributed by atoms with Crippen molar-refractivity contribution >= 4 is 23.0 Å². The van der Waals surface area contributed by atoms with Crippen LogP contribution < -0.4 is 20.3 Å². The number of pyridine rings is 1. The summed E-state index contributed by atoms with van der Waals surface area (Å²) in [6, 6.07) is 19.3. The van der Waals surface area contributed by atoms with E-state index in [1.807, 2.05) is 67.5 Å². The molecular weight excluding hydrogens is 364 g/mol. The molecule has 1 aromatic heterocycles. The molecule has 1 amide bonds. The van der Waals surface area contributed by atoms with E-state index in [0.717, 1.165) is 35.8 Å². The minimum Gasteiger partial charge on any atom is -0.497 e. The van der Waals surface area contributed by atoms with Crippen LogP contribution in [0.3, 0.4) is 0 Å². The summed E-state index contributed by atoms with van der Waals surface area (Å²) in [4.78, 5) is 18.7. The third kappa shape index (κ3) is 5.72. The molecule has 6 nitrogen and oxygen atoms in total. The van der Waals surface area contributed by atoms with E-state index in [1.165, 1.54) is 5.56 Å². The smallest absolute Gasteiger partial charge is 0.274 e. The van der Waals surface area contributed by atoms with Crippen molar-refractivity contribution in [2.75, 3.05) is 43.3 Å². The third-order valence-corrected chi connectivity index (χ3v) is 4.51. The maximum absolute atomic E-state index is 12.4. The second-order valence-corrected chi connectivity index (χ2v) is 6.86. The Bertz CT molecular complexity index is 938. The van der Waals surface area contributed by atoms with Gasteiger partial charge in [-0.1, -0.05) is 12.1 Å². The van der Waals surface area contributed by atoms with Crippen LogP contribution in [0.5, 0.6) is 5.75 Å². The van der Waals surface area contributed by atoms with Gasteiger partial charge in [-0.15, -0.1) is 0 Å². The average molecular weight is 390 g/mol. The van der Waals surface area contributed by atoms with Gasteiger partial charge in [0, 0.05) is 32.0 Å². The Morgan fingerprint density at radius 3 is 2.45 bits per heavy atom. The van der Waals surface area contributed by atoms with Crippen LogP contribution in [-0.4, -0.2) is 38.6 Å². The summed E-state index contributed by atoms with van der Waals surface area (Å²) < 4.78 is 5.24. The standard InChI is InChI=1S/C23H26N4O2/c1-27(2)20-10-7-18(8-11-20)26-23(28)22-12-9-19(16-25-22)24-14-13-17-5-4-6-21(15-17)29-3/h4-12,15-16,24H,13-14H2,1-3H3,(H,26,28). The van der Waals surface area contributed by atoms with Crippen LogP contribution in [0.25, 0.3) is 0 Å². The number of benzene rings is 2. The van der Waals surface area contributed by atoms with Gasteiger partial charge in [-0.2, -0.15) is 0 Å². The highest BCUT2D eigenvalue weighted by Gasteiger charge is 2.08. The molecule has 1 heterocycles. The lowest BCUT2D eigenvalue weighted by Gasteiger charge is -2.13. The molecule has 0 bridgehead atoms. The highest BCUT2D eigenvalue weighted by atomic mass is 16.5. The Kier molecular flexibility index (Phi) is 6.68. The second-order valence-electron chi connectivity index (χ2n) is 6.86. The lowest BCUT2D eigenvalue weighted by atomic mass is 10.1. The Hall–Kier alpha value is -3.54. The number of anilines is 3. The predicted octanol–water partition coefficient (Wildman–Crippen LogP) is 4.06. The third-order valence-electron chi connectivity index (χ3n) is 4.51. The number of hydrogen-bond donors (Lipinski definition) is 2. The molecule has 0 spiro atoms. The number of hydrogen-bond acceptors (Lipinski definition) is 5. The van der Waals surface area contributed by atoms with Crippen molar-refractivity contribution in [2.24, 2.45) is 0 Å². The molecule has 29 heavy (non-hydrogen) atoms. The lowest BCUT2D eigenvalue weighted by molar-refractivity contribution is 0.102. The minimum absolute atomic E-state index is 0.231. The van der Waals surface area contributed by atoms with Crippen molar-refractivity contribution in [3.8, 4) is 5.75 Å². The van der Waals surface area contributed by atoms with Crippen molar-refractivity contribution in [1.29, 1.82) is 0 Å². The highest BCUT2D eigenvalue weighted by molar-refractivity contribution is 6.03. The number of amides is 1. The van der Waals surface area contributed by atoms with E-state index in [0.29, 0.717) is 5.69 Å². The van der Waals surface area contributed by atoms with E-state index in [1.54, 1.807) is 19.4 Å². The van der Waals surface area contributed by atoms with Crippen LogP contribution >= 0.6 is 0 Å². The first kappa shape index (κ1) is 20.2. The molecule has 0 atom stereocenters. The number of methoxy groups -OCH3 is 1. The molecule has 3 rings (SSSR count). The maximum Gasteiger partial charge on any atom is 0.274 e. The van der Waals surface area contributed by atoms with Gasteiger partial charge in [-0.3, -0.25) is 4.79 Å². The molecule has 0 aliphatic carbocycles. The van der Waals surface area contributed by atoms with Crippen LogP contribution in [0.15, 0.2) is 66.9 Å². The number of carbonyl (C=O) groups is 1. The highest BCUT2D eigenvalue weighted by Crippen LogP contribution is 2.17. The summed E-state index contributed by atoms with van der Waals surface area (Å²) in [7, 11) is 5.62. The normalized spacial score (nSPS) is 10.3. The molecule has 0 saturated carbocycles. The van der Waals surface area contributed by atoms with Crippen LogP contribution in [0.1, 0.15) is 16.1 Å². The fourth-order valence-corrected chi connectivity index (χ4v) is 2.85. The summed E-state index contributed by atoms with van der Waals surface area (Å²) in [5, 5.41) is 6.19. The first-order chi connectivity index (χ1) is 14.0. The predicted molar refractivity (Wildman–Crippen MR) is 118 cm³/mol. The largest absolute Gasteiger partial charge is 0.497 e. The zero-order valence-electron chi connectivity index (χ0n) is 17.0. The average Bonchev–Trinajstić information content (AvgIpc) is 2.74. The molecule has 0 aliphatic heterocycles. The topological polar surface area (TPSA) is 66.5 Å². The van der Waals surface area contributed by atoms with Crippen LogP contribution in [0.4, 0.5) is 17.1 Å². The zero-order chi connectivity index (χ0) is 20.6. The number of aromatic nitrogens is 1. The van der Waals surface area contributed by atoms with Gasteiger partial charge in [-0.25, -0.2) is 4.98 Å². The molecule has 3 aromatic rings. The molecule has 0 radical (unpaired) electrons. The Balaban J connectivity index is 1.51. The molecule has 2 N–H and O–H groups in total. The summed E-state index contributed by atoms with van der Waals surface area (Å²) >= 11 is 0. The molecule has 150 valence electrons. The van der Waals surface area contributed by atoms with E-state index in [4.69, 9.17) is 4.74 Å². The zero-order valence-corrected chi connectivity index (χ0v) is 17.0. The van der Waals surface area contributed by atoms with Gasteiger partial charge in [0.2, 0.25) is 0 Å². The summed E-state index contributed by atoms with van der Waals surface area (Å²) in [5.74, 6) is 0.626. The van der Waals surface area contributed by atoms with Gasteiger partial charge < -0.3 is 20.3 Å². The van der Waals surface area contributed by atoms with Gasteiger partial charge in [0.15, 0.2) is 0 Å². The fraction of sp³-hybridized carbons (Fsp3) is 0.217. The molecule has 6 heteroatoms.